The molecule has 0 aliphatic carbocycles. The number of rotatable bonds is 9. The van der Waals surface area contributed by atoms with Crippen LogP contribution in [-0.4, -0.2) is 37.7 Å². The van der Waals surface area contributed by atoms with Gasteiger partial charge in [0.25, 0.3) is 0 Å². The molecule has 0 aliphatic heterocycles. The molecule has 0 aliphatic rings. The van der Waals surface area contributed by atoms with E-state index < -0.39 is 0 Å². The van der Waals surface area contributed by atoms with Crippen LogP contribution in [0.4, 0.5) is 0 Å². The van der Waals surface area contributed by atoms with Crippen LogP contribution in [0.15, 0.2) is 12.2 Å². The molecule has 0 saturated carbocycles. The predicted octanol–water partition coefficient (Wildman–Crippen LogP) is 2.70. The Morgan fingerprint density at radius 1 is 1.21 bits per heavy atom. The Kier molecular flexibility index (Phi) is 10.5. The SMILES string of the molecule is C/C=C\COCCN(CC)CCCC. The predicted molar refractivity (Wildman–Crippen MR) is 62.7 cm³/mol. The molecule has 0 amide bonds. The highest BCUT2D eigenvalue weighted by Gasteiger charge is 1.99. The molecule has 0 unspecified atom stereocenters. The Balaban J connectivity index is 3.32. The molecule has 0 saturated heterocycles. The highest BCUT2D eigenvalue weighted by atomic mass is 16.5. The zero-order valence-electron chi connectivity index (χ0n) is 9.96. The highest BCUT2D eigenvalue weighted by Crippen LogP contribution is 1.94. The zero-order chi connectivity index (χ0) is 10.6. The van der Waals surface area contributed by atoms with Crippen LogP contribution in [-0.2, 0) is 4.74 Å². The van der Waals surface area contributed by atoms with Crippen molar-refractivity contribution >= 4 is 0 Å². The van der Waals surface area contributed by atoms with Gasteiger partial charge in [-0.3, -0.25) is 0 Å². The summed E-state index contributed by atoms with van der Waals surface area (Å²) in [6.45, 7) is 11.5. The smallest absolute Gasteiger partial charge is 0.0648 e. The number of ether oxygens (including phenoxy) is 1. The van der Waals surface area contributed by atoms with Gasteiger partial charge in [-0.2, -0.15) is 0 Å². The molecule has 2 nitrogen and oxygen atoms in total. The Bertz CT molecular complexity index is 134. The summed E-state index contributed by atoms with van der Waals surface area (Å²) in [5, 5.41) is 0. The van der Waals surface area contributed by atoms with Crippen LogP contribution in [0.3, 0.4) is 0 Å². The number of likely N-dealkylation sites (N-methyl/N-ethyl adjacent to an activating group) is 1. The first-order chi connectivity index (χ1) is 6.85. The van der Waals surface area contributed by atoms with Gasteiger partial charge in [-0.1, -0.05) is 32.4 Å². The van der Waals surface area contributed by atoms with Crippen molar-refractivity contribution in [2.24, 2.45) is 0 Å². The molecule has 84 valence electrons. The average Bonchev–Trinajstić information content (AvgIpc) is 2.22. The minimum Gasteiger partial charge on any atom is -0.376 e. The minimum absolute atomic E-state index is 0.752. The molecule has 0 bridgehead atoms. The second-order valence-electron chi connectivity index (χ2n) is 3.43. The molecule has 0 aromatic heterocycles. The molecule has 0 spiro atoms. The highest BCUT2D eigenvalue weighted by molar-refractivity contribution is 4.75. The van der Waals surface area contributed by atoms with E-state index in [-0.39, 0.29) is 0 Å². The van der Waals surface area contributed by atoms with Gasteiger partial charge in [0.2, 0.25) is 0 Å². The van der Waals surface area contributed by atoms with Gasteiger partial charge in [0.15, 0.2) is 0 Å². The second kappa shape index (κ2) is 10.7. The Morgan fingerprint density at radius 2 is 2.00 bits per heavy atom. The van der Waals surface area contributed by atoms with Crippen LogP contribution in [0.5, 0.6) is 0 Å². The largest absolute Gasteiger partial charge is 0.376 e. The molecule has 0 radical (unpaired) electrons. The molecule has 0 atom stereocenters. The van der Waals surface area contributed by atoms with E-state index in [1.165, 1.54) is 19.4 Å². The molecule has 0 heterocycles. The summed E-state index contributed by atoms with van der Waals surface area (Å²) < 4.78 is 5.46. The van der Waals surface area contributed by atoms with Crippen molar-refractivity contribution < 1.29 is 4.74 Å². The van der Waals surface area contributed by atoms with Gasteiger partial charge in [-0.15, -0.1) is 0 Å². The Hall–Kier alpha value is -0.340. The molecule has 0 N–H and O–H groups in total. The molecule has 0 aromatic carbocycles. The number of nitrogens with zero attached hydrogens (tertiary/aromatic N) is 1. The van der Waals surface area contributed by atoms with E-state index in [1.54, 1.807) is 0 Å². The lowest BCUT2D eigenvalue weighted by Gasteiger charge is -2.19. The van der Waals surface area contributed by atoms with Crippen LogP contribution < -0.4 is 0 Å². The van der Waals surface area contributed by atoms with E-state index in [2.05, 4.69) is 18.7 Å². The van der Waals surface area contributed by atoms with Crippen molar-refractivity contribution in [3.63, 3.8) is 0 Å². The summed E-state index contributed by atoms with van der Waals surface area (Å²) >= 11 is 0. The fourth-order valence-corrected chi connectivity index (χ4v) is 1.25. The van der Waals surface area contributed by atoms with Gasteiger partial charge in [0, 0.05) is 6.54 Å². The Labute approximate surface area is 88.9 Å². The van der Waals surface area contributed by atoms with Crippen molar-refractivity contribution in [1.82, 2.24) is 4.90 Å². The summed E-state index contributed by atoms with van der Waals surface area (Å²) in [5.74, 6) is 0. The first-order valence-corrected chi connectivity index (χ1v) is 5.76. The molecule has 14 heavy (non-hydrogen) atoms. The lowest BCUT2D eigenvalue weighted by Crippen LogP contribution is -2.28. The van der Waals surface area contributed by atoms with E-state index in [0.29, 0.717) is 0 Å². The maximum Gasteiger partial charge on any atom is 0.0648 e. The molecular formula is C12H25NO. The maximum absolute atomic E-state index is 5.46. The van der Waals surface area contributed by atoms with Crippen LogP contribution in [0.25, 0.3) is 0 Å². The van der Waals surface area contributed by atoms with E-state index in [1.807, 2.05) is 19.1 Å². The maximum atomic E-state index is 5.46. The van der Waals surface area contributed by atoms with Gasteiger partial charge < -0.3 is 9.64 Å². The van der Waals surface area contributed by atoms with Gasteiger partial charge >= 0.3 is 0 Å². The summed E-state index contributed by atoms with van der Waals surface area (Å²) in [4.78, 5) is 2.44. The quantitative estimate of drug-likeness (QED) is 0.418. The lowest BCUT2D eigenvalue weighted by molar-refractivity contribution is 0.125. The topological polar surface area (TPSA) is 12.5 Å². The first-order valence-electron chi connectivity index (χ1n) is 5.76. The standard InChI is InChI=1S/C12H25NO/c1-4-7-9-13(6-3)10-12-14-11-8-5-2/h5,8H,4,6-7,9-12H2,1-3H3/b8-5-. The monoisotopic (exact) mass is 199 g/mol. The van der Waals surface area contributed by atoms with Crippen molar-refractivity contribution in [1.29, 1.82) is 0 Å². The van der Waals surface area contributed by atoms with E-state index in [0.717, 1.165) is 26.3 Å². The molecule has 2 heteroatoms. The summed E-state index contributed by atoms with van der Waals surface area (Å²) in [6.07, 6.45) is 6.63. The normalized spacial score (nSPS) is 11.7. The second-order valence-corrected chi connectivity index (χ2v) is 3.43. The van der Waals surface area contributed by atoms with E-state index in [4.69, 9.17) is 4.74 Å². The third kappa shape index (κ3) is 8.27. The summed E-state index contributed by atoms with van der Waals surface area (Å²) in [7, 11) is 0. The fourth-order valence-electron chi connectivity index (χ4n) is 1.25. The van der Waals surface area contributed by atoms with Crippen molar-refractivity contribution in [3.05, 3.63) is 12.2 Å². The van der Waals surface area contributed by atoms with E-state index in [9.17, 15) is 0 Å². The van der Waals surface area contributed by atoms with Gasteiger partial charge in [-0.25, -0.2) is 0 Å². The third-order valence-corrected chi connectivity index (χ3v) is 2.28. The zero-order valence-corrected chi connectivity index (χ0v) is 9.96. The number of hydrogen-bond donors (Lipinski definition) is 0. The Morgan fingerprint density at radius 3 is 2.57 bits per heavy atom. The van der Waals surface area contributed by atoms with Crippen molar-refractivity contribution in [2.75, 3.05) is 32.8 Å². The van der Waals surface area contributed by atoms with E-state index >= 15 is 0 Å². The van der Waals surface area contributed by atoms with Gasteiger partial charge in [-0.05, 0) is 26.4 Å². The summed E-state index contributed by atoms with van der Waals surface area (Å²) in [6, 6.07) is 0. The van der Waals surface area contributed by atoms with Gasteiger partial charge in [0.05, 0.1) is 13.2 Å². The number of hydrogen-bond acceptors (Lipinski definition) is 2. The fraction of sp³-hybridized carbons (Fsp3) is 0.833. The number of allylic oxidation sites excluding steroid dienone is 1. The van der Waals surface area contributed by atoms with Crippen molar-refractivity contribution in [3.8, 4) is 0 Å². The summed E-state index contributed by atoms with van der Waals surface area (Å²) in [5.41, 5.74) is 0. The molecule has 0 fully saturated rings. The minimum atomic E-state index is 0.752. The third-order valence-electron chi connectivity index (χ3n) is 2.28. The molecule has 0 aromatic rings. The number of unbranched alkanes of at least 4 members (excludes halogenated alkanes) is 1. The van der Waals surface area contributed by atoms with Crippen LogP contribution in [0, 0.1) is 0 Å². The lowest BCUT2D eigenvalue weighted by atomic mass is 10.3. The van der Waals surface area contributed by atoms with Crippen LogP contribution >= 0.6 is 0 Å². The first kappa shape index (κ1) is 13.7. The van der Waals surface area contributed by atoms with Gasteiger partial charge in [0.1, 0.15) is 0 Å². The molecular weight excluding hydrogens is 174 g/mol. The molecule has 0 rings (SSSR count). The van der Waals surface area contributed by atoms with Crippen molar-refractivity contribution in [2.45, 2.75) is 33.6 Å². The average molecular weight is 199 g/mol. The van der Waals surface area contributed by atoms with Crippen LogP contribution in [0.1, 0.15) is 33.6 Å². The van der Waals surface area contributed by atoms with Crippen LogP contribution in [0.2, 0.25) is 0 Å².